The Labute approximate surface area is 70.2 Å². The minimum absolute atomic E-state index is 0.434. The zero-order chi connectivity index (χ0) is 7.56. The van der Waals surface area contributed by atoms with Crippen molar-refractivity contribution in [3.05, 3.63) is 21.8 Å². The fraction of sp³-hybridized carbons (Fsp3) is 0. The second kappa shape index (κ2) is 3.07. The summed E-state index contributed by atoms with van der Waals surface area (Å²) in [6.45, 7) is 0. The summed E-state index contributed by atoms with van der Waals surface area (Å²) in [6.07, 6.45) is 0. The van der Waals surface area contributed by atoms with Gasteiger partial charge in [-0.15, -0.1) is 0 Å². The summed E-state index contributed by atoms with van der Waals surface area (Å²) in [4.78, 5) is 0. The van der Waals surface area contributed by atoms with E-state index >= 15 is 0 Å². The van der Waals surface area contributed by atoms with E-state index in [2.05, 4.69) is 0 Å². The fourth-order valence-electron chi connectivity index (χ4n) is 0.649. The molecule has 6 N–H and O–H groups in total. The van der Waals surface area contributed by atoms with Gasteiger partial charge < -0.3 is 0 Å². The molecule has 0 aliphatic carbocycles. The van der Waals surface area contributed by atoms with Crippen LogP contribution in [-0.4, -0.2) is 0 Å². The van der Waals surface area contributed by atoms with Crippen molar-refractivity contribution in [3.8, 4) is 0 Å². The van der Waals surface area contributed by atoms with Gasteiger partial charge in [0.05, 0.1) is 0 Å². The van der Waals surface area contributed by atoms with Crippen molar-refractivity contribution in [2.24, 2.45) is 3.95 Å². The van der Waals surface area contributed by atoms with Crippen molar-refractivity contribution in [3.63, 3.8) is 0 Å². The van der Waals surface area contributed by atoms with Gasteiger partial charge in [-0.3, -0.25) is 0 Å². The van der Waals surface area contributed by atoms with Crippen LogP contribution < -0.4 is 36.9 Å². The van der Waals surface area contributed by atoms with Crippen molar-refractivity contribution < 1.29 is 21.5 Å². The Morgan fingerprint density at radius 2 is 1.90 bits per heavy atom. The summed E-state index contributed by atoms with van der Waals surface area (Å²) in [5.41, 5.74) is 12.4. The van der Waals surface area contributed by atoms with Crippen molar-refractivity contribution in [2.75, 3.05) is 11.5 Å². The molecule has 0 bridgehead atoms. The minimum atomic E-state index is -0.434. The van der Waals surface area contributed by atoms with Crippen LogP contribution in [0.2, 0.25) is 0 Å². The summed E-state index contributed by atoms with van der Waals surface area (Å²) in [5, 5.41) is 0. The van der Waals surface area contributed by atoms with Gasteiger partial charge in [0.15, 0.2) is 0 Å². The van der Waals surface area contributed by atoms with Crippen molar-refractivity contribution in [1.82, 2.24) is 0 Å². The zero-order valence-corrected chi connectivity index (χ0v) is 7.50. The first-order valence-electron chi connectivity index (χ1n) is 2.73. The first kappa shape index (κ1) is 7.62. The molecule has 0 atom stereocenters. The summed E-state index contributed by atoms with van der Waals surface area (Å²) in [5.74, 6) is 0. The van der Waals surface area contributed by atoms with Gasteiger partial charge in [0.1, 0.15) is 0 Å². The Morgan fingerprint density at radius 1 is 1.20 bits per heavy atom. The Morgan fingerprint density at radius 3 is 2.40 bits per heavy atom. The van der Waals surface area contributed by atoms with Crippen molar-refractivity contribution in [2.45, 2.75) is 0 Å². The normalized spacial score (nSPS) is 10.1. The van der Waals surface area contributed by atoms with Crippen LogP contribution in [0, 0.1) is 3.57 Å². The first-order chi connectivity index (χ1) is 4.75. The molecular weight excluding hydrogens is 241 g/mol. The summed E-state index contributed by atoms with van der Waals surface area (Å²) in [6, 6.07) is 5.56. The average molecular weight is 250 g/mol. The van der Waals surface area contributed by atoms with Gasteiger partial charge in [-0.05, 0) is 0 Å². The second-order valence-corrected chi connectivity index (χ2v) is 3.64. The van der Waals surface area contributed by atoms with Gasteiger partial charge >= 0.3 is 70.0 Å². The maximum atomic E-state index is 5.62. The molecule has 0 aliphatic rings. The molecule has 0 saturated carbocycles. The molecule has 0 aliphatic heterocycles. The predicted octanol–water partition coefficient (Wildman–Crippen LogP) is -3.02. The van der Waals surface area contributed by atoms with Crippen LogP contribution in [0.25, 0.3) is 0 Å². The van der Waals surface area contributed by atoms with Crippen LogP contribution in [0.15, 0.2) is 18.2 Å². The number of benzene rings is 1. The number of hydrogen-bond acceptors (Lipinski definition) is 3. The predicted molar refractivity (Wildman–Crippen MR) is 38.2 cm³/mol. The quantitative estimate of drug-likeness (QED) is 0.282. The number of nitrogens with two attached hydrogens (primary N) is 3. The van der Waals surface area contributed by atoms with Crippen LogP contribution in [-0.2, 0) is 0 Å². The van der Waals surface area contributed by atoms with Gasteiger partial charge in [0.25, 0.3) is 0 Å². The fourth-order valence-corrected chi connectivity index (χ4v) is 1.71. The molecule has 0 aromatic heterocycles. The van der Waals surface area contributed by atoms with E-state index in [4.69, 9.17) is 15.4 Å². The van der Waals surface area contributed by atoms with E-state index in [1.54, 1.807) is 6.07 Å². The van der Waals surface area contributed by atoms with E-state index in [1.165, 1.54) is 0 Å². The third kappa shape index (κ3) is 1.32. The van der Waals surface area contributed by atoms with E-state index in [9.17, 15) is 0 Å². The molecule has 3 nitrogen and oxygen atoms in total. The van der Waals surface area contributed by atoms with Crippen LogP contribution >= 0.6 is 0 Å². The molecule has 0 heterocycles. The van der Waals surface area contributed by atoms with Gasteiger partial charge in [0.2, 0.25) is 0 Å². The molecule has 0 unspecified atom stereocenters. The van der Waals surface area contributed by atoms with Crippen LogP contribution in [0.3, 0.4) is 0 Å². The monoisotopic (exact) mass is 250 g/mol. The number of anilines is 2. The topological polar surface area (TPSA) is 78.1 Å². The number of rotatable bonds is 1. The summed E-state index contributed by atoms with van der Waals surface area (Å²) < 4.78 is 6.51. The summed E-state index contributed by atoms with van der Waals surface area (Å²) in [7, 11) is 0. The van der Waals surface area contributed by atoms with E-state index in [1.807, 2.05) is 12.1 Å². The molecule has 0 amide bonds. The Balaban J connectivity index is 3.14. The maximum absolute atomic E-state index is 5.62. The van der Waals surface area contributed by atoms with E-state index < -0.39 is 21.5 Å². The third-order valence-electron chi connectivity index (χ3n) is 1.20. The van der Waals surface area contributed by atoms with Crippen LogP contribution in [0.1, 0.15) is 0 Å². The van der Waals surface area contributed by atoms with Crippen molar-refractivity contribution in [1.29, 1.82) is 0 Å². The molecule has 0 saturated heterocycles. The first-order valence-corrected chi connectivity index (χ1v) is 5.05. The third-order valence-corrected chi connectivity index (χ3v) is 2.82. The second-order valence-electron chi connectivity index (χ2n) is 1.85. The molecule has 1 rings (SSSR count). The van der Waals surface area contributed by atoms with Crippen LogP contribution in [0.4, 0.5) is 11.4 Å². The SMILES string of the molecule is N[I-]c1cccc(N)c1N. The van der Waals surface area contributed by atoms with Gasteiger partial charge in [-0.25, -0.2) is 0 Å². The average Bonchev–Trinajstić information content (AvgIpc) is 1.95. The van der Waals surface area contributed by atoms with E-state index in [0.717, 1.165) is 3.57 Å². The van der Waals surface area contributed by atoms with Crippen LogP contribution in [0.5, 0.6) is 0 Å². The molecule has 56 valence electrons. The Kier molecular flexibility index (Phi) is 2.34. The van der Waals surface area contributed by atoms with Gasteiger partial charge in [0, 0.05) is 0 Å². The number of halogens is 1. The summed E-state index contributed by atoms with van der Waals surface area (Å²) >= 11 is -0.434. The molecule has 0 fully saturated rings. The molecular formula is C6H9IN3-. The zero-order valence-electron chi connectivity index (χ0n) is 5.34. The van der Waals surface area contributed by atoms with E-state index in [0.29, 0.717) is 11.4 Å². The number of para-hydroxylation sites is 1. The molecule has 4 heteroatoms. The molecule has 10 heavy (non-hydrogen) atoms. The van der Waals surface area contributed by atoms with Crippen molar-refractivity contribution >= 4 is 11.4 Å². The molecule has 1 aromatic rings. The standard InChI is InChI=1S/C6H9IN3/c8-5-3-1-2-4(7-10)6(5)9/h1-3H,8-10H2/q-1. The number of nitrogen functional groups attached to an aromatic ring is 2. The molecule has 1 aromatic carbocycles. The van der Waals surface area contributed by atoms with Gasteiger partial charge in [-0.1, -0.05) is 0 Å². The molecule has 0 spiro atoms. The van der Waals surface area contributed by atoms with Gasteiger partial charge in [-0.2, -0.15) is 0 Å². The number of hydrogen-bond donors (Lipinski definition) is 3. The van der Waals surface area contributed by atoms with E-state index in [-0.39, 0.29) is 0 Å². The Hall–Kier alpha value is -0.490. The Bertz CT molecular complexity index is 236. The molecule has 0 radical (unpaired) electrons.